The Bertz CT molecular complexity index is 1090. The topological polar surface area (TPSA) is 110 Å². The van der Waals surface area contributed by atoms with E-state index in [1.807, 2.05) is 11.5 Å². The van der Waals surface area contributed by atoms with E-state index in [0.717, 1.165) is 4.31 Å². The summed E-state index contributed by atoms with van der Waals surface area (Å²) in [5.41, 5.74) is 0.409. The predicted octanol–water partition coefficient (Wildman–Crippen LogP) is 2.54. The number of hydrogen-bond acceptors (Lipinski definition) is 7. The van der Waals surface area contributed by atoms with Crippen molar-refractivity contribution >= 4 is 33.4 Å². The number of nitrogens with zero attached hydrogens (tertiary/aromatic N) is 4. The minimum absolute atomic E-state index is 0.0982. The lowest BCUT2D eigenvalue weighted by molar-refractivity contribution is -0.113. The van der Waals surface area contributed by atoms with Crippen LogP contribution in [0.5, 0.6) is 0 Å². The fourth-order valence-corrected chi connectivity index (χ4v) is 4.29. The molecular weight excluding hydrogens is 414 g/mol. The van der Waals surface area contributed by atoms with Crippen molar-refractivity contribution in [1.29, 1.82) is 0 Å². The summed E-state index contributed by atoms with van der Waals surface area (Å²) in [5.74, 6) is 1.03. The van der Waals surface area contributed by atoms with Gasteiger partial charge in [-0.25, -0.2) is 12.7 Å². The first-order valence-electron chi connectivity index (χ1n) is 8.75. The second kappa shape index (κ2) is 8.80. The molecule has 2 aromatic heterocycles. The highest BCUT2D eigenvalue weighted by molar-refractivity contribution is 7.99. The van der Waals surface area contributed by atoms with Crippen LogP contribution in [-0.4, -0.2) is 53.2 Å². The molecule has 0 fully saturated rings. The van der Waals surface area contributed by atoms with Crippen molar-refractivity contribution in [3.05, 3.63) is 42.7 Å². The van der Waals surface area contributed by atoms with Gasteiger partial charge in [0.2, 0.25) is 15.9 Å². The van der Waals surface area contributed by atoms with Crippen LogP contribution in [0.1, 0.15) is 6.92 Å². The Kier molecular flexibility index (Phi) is 6.40. The van der Waals surface area contributed by atoms with Crippen molar-refractivity contribution in [2.75, 3.05) is 25.2 Å². The number of hydrogen-bond donors (Lipinski definition) is 1. The monoisotopic (exact) mass is 435 g/mol. The molecule has 0 aliphatic rings. The highest BCUT2D eigenvalue weighted by Crippen LogP contribution is 2.24. The minimum Gasteiger partial charge on any atom is -0.461 e. The Balaban J connectivity index is 1.67. The van der Waals surface area contributed by atoms with Crippen molar-refractivity contribution in [2.24, 2.45) is 0 Å². The molecule has 0 saturated carbocycles. The lowest BCUT2D eigenvalue weighted by atomic mass is 10.3. The van der Waals surface area contributed by atoms with Crippen LogP contribution in [0.2, 0.25) is 0 Å². The SMILES string of the molecule is CCn1c(SCC(=O)Nc2cccc(S(=O)(=O)N(C)C)c2)nnc1-c1ccco1. The minimum atomic E-state index is -3.57. The quantitative estimate of drug-likeness (QED) is 0.541. The lowest BCUT2D eigenvalue weighted by Crippen LogP contribution is -2.22. The zero-order valence-electron chi connectivity index (χ0n) is 16.2. The first-order valence-corrected chi connectivity index (χ1v) is 11.2. The second-order valence-electron chi connectivity index (χ2n) is 6.18. The third-order valence-electron chi connectivity index (χ3n) is 4.00. The lowest BCUT2D eigenvalue weighted by Gasteiger charge is -2.12. The molecule has 1 amide bonds. The molecule has 0 radical (unpaired) electrons. The van der Waals surface area contributed by atoms with Crippen molar-refractivity contribution in [1.82, 2.24) is 19.1 Å². The molecule has 3 rings (SSSR count). The fourth-order valence-electron chi connectivity index (χ4n) is 2.54. The Hall–Kier alpha value is -2.63. The van der Waals surface area contributed by atoms with Crippen LogP contribution in [0.25, 0.3) is 11.6 Å². The van der Waals surface area contributed by atoms with Crippen LogP contribution < -0.4 is 5.32 Å². The summed E-state index contributed by atoms with van der Waals surface area (Å²) < 4.78 is 32.8. The summed E-state index contributed by atoms with van der Waals surface area (Å²) in [7, 11) is -0.659. The molecule has 0 aliphatic heterocycles. The molecule has 9 nitrogen and oxygen atoms in total. The molecule has 0 atom stereocenters. The summed E-state index contributed by atoms with van der Waals surface area (Å²) in [5, 5.41) is 11.6. The van der Waals surface area contributed by atoms with Gasteiger partial charge in [-0.2, -0.15) is 0 Å². The maximum absolute atomic E-state index is 12.3. The van der Waals surface area contributed by atoms with Crippen LogP contribution in [-0.2, 0) is 21.4 Å². The van der Waals surface area contributed by atoms with E-state index in [1.54, 1.807) is 30.5 Å². The fraction of sp³-hybridized carbons (Fsp3) is 0.278. The molecule has 1 aromatic carbocycles. The standard InChI is InChI=1S/C18H21N5O4S2/c1-4-23-17(15-9-6-10-27-15)20-21-18(23)28-12-16(24)19-13-7-5-8-14(11-13)29(25,26)22(2)3/h5-11H,4,12H2,1-3H3,(H,19,24). The van der Waals surface area contributed by atoms with Gasteiger partial charge in [0.25, 0.3) is 0 Å². The van der Waals surface area contributed by atoms with E-state index >= 15 is 0 Å². The summed E-state index contributed by atoms with van der Waals surface area (Å²) in [6, 6.07) is 9.71. The molecule has 29 heavy (non-hydrogen) atoms. The summed E-state index contributed by atoms with van der Waals surface area (Å²) in [6.45, 7) is 2.58. The molecule has 2 heterocycles. The third kappa shape index (κ3) is 4.69. The van der Waals surface area contributed by atoms with Gasteiger partial charge < -0.3 is 9.73 Å². The zero-order valence-corrected chi connectivity index (χ0v) is 17.8. The normalized spacial score (nSPS) is 11.7. The van der Waals surface area contributed by atoms with Crippen LogP contribution in [0.15, 0.2) is 57.1 Å². The van der Waals surface area contributed by atoms with Crippen molar-refractivity contribution < 1.29 is 17.6 Å². The van der Waals surface area contributed by atoms with Gasteiger partial charge in [0, 0.05) is 26.3 Å². The summed E-state index contributed by atoms with van der Waals surface area (Å²) >= 11 is 1.24. The average Bonchev–Trinajstić information content (AvgIpc) is 3.35. The number of carbonyl (C=O) groups is 1. The van der Waals surface area contributed by atoms with E-state index < -0.39 is 10.0 Å². The number of aromatic nitrogens is 3. The van der Waals surface area contributed by atoms with Gasteiger partial charge in [-0.3, -0.25) is 9.36 Å². The molecule has 0 spiro atoms. The number of rotatable bonds is 8. The molecule has 3 aromatic rings. The van der Waals surface area contributed by atoms with Crippen molar-refractivity contribution in [3.8, 4) is 11.6 Å². The summed E-state index contributed by atoms with van der Waals surface area (Å²) in [4.78, 5) is 12.5. The number of anilines is 1. The Morgan fingerprint density at radius 1 is 1.24 bits per heavy atom. The average molecular weight is 436 g/mol. The van der Waals surface area contributed by atoms with E-state index in [1.165, 1.54) is 38.0 Å². The van der Waals surface area contributed by atoms with E-state index in [4.69, 9.17) is 4.42 Å². The molecule has 0 aliphatic carbocycles. The molecule has 1 N–H and O–H groups in total. The number of carbonyl (C=O) groups excluding carboxylic acids is 1. The highest BCUT2D eigenvalue weighted by atomic mass is 32.2. The van der Waals surface area contributed by atoms with Gasteiger partial charge in [-0.1, -0.05) is 17.8 Å². The predicted molar refractivity (Wildman–Crippen MR) is 110 cm³/mol. The summed E-state index contributed by atoms with van der Waals surface area (Å²) in [6.07, 6.45) is 1.56. The highest BCUT2D eigenvalue weighted by Gasteiger charge is 2.19. The largest absolute Gasteiger partial charge is 0.461 e. The van der Waals surface area contributed by atoms with Gasteiger partial charge in [0.1, 0.15) is 0 Å². The van der Waals surface area contributed by atoms with E-state index in [0.29, 0.717) is 29.0 Å². The number of benzene rings is 1. The van der Waals surface area contributed by atoms with Crippen LogP contribution in [0.3, 0.4) is 0 Å². The molecule has 0 unspecified atom stereocenters. The van der Waals surface area contributed by atoms with Crippen molar-refractivity contribution in [3.63, 3.8) is 0 Å². The Labute approximate surface area is 173 Å². The van der Waals surface area contributed by atoms with Gasteiger partial charge >= 0.3 is 0 Å². The molecule has 11 heteroatoms. The number of amides is 1. The number of furan rings is 1. The molecular formula is C18H21N5O4S2. The second-order valence-corrected chi connectivity index (χ2v) is 9.27. The van der Waals surface area contributed by atoms with Crippen LogP contribution in [0, 0.1) is 0 Å². The van der Waals surface area contributed by atoms with Gasteiger partial charge in [0.05, 0.1) is 16.9 Å². The first-order chi connectivity index (χ1) is 13.8. The van der Waals surface area contributed by atoms with E-state index in [2.05, 4.69) is 15.5 Å². The van der Waals surface area contributed by atoms with E-state index in [9.17, 15) is 13.2 Å². The maximum atomic E-state index is 12.3. The molecule has 0 bridgehead atoms. The molecule has 154 valence electrons. The zero-order chi connectivity index (χ0) is 21.0. The van der Waals surface area contributed by atoms with Crippen LogP contribution >= 0.6 is 11.8 Å². The van der Waals surface area contributed by atoms with Gasteiger partial charge in [-0.15, -0.1) is 10.2 Å². The number of sulfonamides is 1. The van der Waals surface area contributed by atoms with Gasteiger partial charge in [0.15, 0.2) is 16.7 Å². The third-order valence-corrected chi connectivity index (χ3v) is 6.78. The Morgan fingerprint density at radius 2 is 2.03 bits per heavy atom. The number of nitrogens with one attached hydrogen (secondary N) is 1. The maximum Gasteiger partial charge on any atom is 0.242 e. The Morgan fingerprint density at radius 3 is 2.69 bits per heavy atom. The first kappa shape index (κ1) is 21.1. The number of thioether (sulfide) groups is 1. The van der Waals surface area contributed by atoms with Crippen LogP contribution in [0.4, 0.5) is 5.69 Å². The van der Waals surface area contributed by atoms with Gasteiger partial charge in [-0.05, 0) is 37.3 Å². The van der Waals surface area contributed by atoms with Crippen molar-refractivity contribution in [2.45, 2.75) is 23.5 Å². The smallest absolute Gasteiger partial charge is 0.242 e. The molecule has 0 saturated heterocycles. The van der Waals surface area contributed by atoms with E-state index in [-0.39, 0.29) is 16.6 Å².